The minimum atomic E-state index is -3.83. The van der Waals surface area contributed by atoms with Gasteiger partial charge in [0.25, 0.3) is 0 Å². The molecule has 0 saturated carbocycles. The van der Waals surface area contributed by atoms with Gasteiger partial charge in [0.2, 0.25) is 9.84 Å². The second kappa shape index (κ2) is 8.64. The lowest BCUT2D eigenvalue weighted by Gasteiger charge is -2.05. The van der Waals surface area contributed by atoms with E-state index in [2.05, 4.69) is 15.0 Å². The van der Waals surface area contributed by atoms with Gasteiger partial charge < -0.3 is 4.98 Å². The summed E-state index contributed by atoms with van der Waals surface area (Å²) >= 11 is 1.10. The number of carbonyl (C=O) groups is 1. The summed E-state index contributed by atoms with van der Waals surface area (Å²) in [5, 5.41) is 0.250. The Morgan fingerprint density at radius 2 is 1.53 bits per heavy atom. The molecule has 6 nitrogen and oxygen atoms in total. The summed E-state index contributed by atoms with van der Waals surface area (Å²) in [5.41, 5.74) is 1.28. The zero-order valence-electron chi connectivity index (χ0n) is 15.7. The van der Waals surface area contributed by atoms with Crippen LogP contribution in [0.2, 0.25) is 0 Å². The molecule has 0 fully saturated rings. The van der Waals surface area contributed by atoms with Crippen molar-refractivity contribution in [3.05, 3.63) is 90.8 Å². The van der Waals surface area contributed by atoms with Crippen molar-refractivity contribution in [2.24, 2.45) is 0 Å². The van der Waals surface area contributed by atoms with Gasteiger partial charge in [0.05, 0.1) is 10.6 Å². The summed E-state index contributed by atoms with van der Waals surface area (Å²) in [6.45, 7) is 0. The summed E-state index contributed by atoms with van der Waals surface area (Å²) in [4.78, 5) is 24.0. The second-order valence-corrected chi connectivity index (χ2v) is 9.20. The smallest absolute Gasteiger partial charge is 0.224 e. The van der Waals surface area contributed by atoms with Crippen molar-refractivity contribution in [1.82, 2.24) is 15.0 Å². The van der Waals surface area contributed by atoms with E-state index in [1.165, 1.54) is 12.1 Å². The highest BCUT2D eigenvalue weighted by atomic mass is 32.2. The van der Waals surface area contributed by atoms with Crippen LogP contribution in [0.5, 0.6) is 0 Å². The first kappa shape index (κ1) is 20.1. The molecule has 4 rings (SSSR count). The van der Waals surface area contributed by atoms with Crippen LogP contribution in [0.4, 0.5) is 0 Å². The van der Waals surface area contributed by atoms with Gasteiger partial charge >= 0.3 is 0 Å². The molecule has 2 aromatic carbocycles. The lowest BCUT2D eigenvalue weighted by molar-refractivity contribution is 0.102. The fraction of sp³-hybridized carbons (Fsp3) is 0.0455. The number of benzene rings is 2. The van der Waals surface area contributed by atoms with Gasteiger partial charge in [-0.05, 0) is 24.3 Å². The average Bonchev–Trinajstić information content (AvgIpc) is 3.24. The highest BCUT2D eigenvalue weighted by molar-refractivity contribution is 8.00. The maximum atomic E-state index is 13.2. The molecule has 0 unspecified atom stereocenters. The molecule has 8 heteroatoms. The molecule has 1 N–H and O–H groups in total. The molecule has 4 aromatic rings. The predicted octanol–water partition coefficient (Wildman–Crippen LogP) is 4.28. The number of rotatable bonds is 7. The number of Topliss-reactive ketones (excluding diaryl/α,β-unsaturated/α-hetero) is 1. The van der Waals surface area contributed by atoms with E-state index in [0.29, 0.717) is 11.4 Å². The third-order valence-corrected chi connectivity index (χ3v) is 7.18. The number of hydrogen-bond donors (Lipinski definition) is 1. The SMILES string of the molecule is O=C(CSc1nc(-c2ccccc2)[nH]c1S(=O)(=O)c1ccccc1)c1ccncc1. The molecule has 0 bridgehead atoms. The quantitative estimate of drug-likeness (QED) is 0.344. The topological polar surface area (TPSA) is 92.8 Å². The molecule has 0 aliphatic heterocycles. The van der Waals surface area contributed by atoms with E-state index >= 15 is 0 Å². The van der Waals surface area contributed by atoms with Crippen molar-refractivity contribution >= 4 is 27.4 Å². The maximum absolute atomic E-state index is 13.2. The number of H-pyrrole nitrogens is 1. The third kappa shape index (κ3) is 4.19. The number of nitrogens with one attached hydrogen (secondary N) is 1. The van der Waals surface area contributed by atoms with Crippen LogP contribution in [-0.4, -0.2) is 34.9 Å². The summed E-state index contributed by atoms with van der Waals surface area (Å²) in [6, 6.07) is 20.7. The minimum Gasteiger partial charge on any atom is -0.328 e. The van der Waals surface area contributed by atoms with Crippen molar-refractivity contribution in [1.29, 1.82) is 0 Å². The van der Waals surface area contributed by atoms with Crippen LogP contribution in [0, 0.1) is 0 Å². The lowest BCUT2D eigenvalue weighted by atomic mass is 10.2. The first-order valence-electron chi connectivity index (χ1n) is 9.07. The number of aromatic amines is 1. The Balaban J connectivity index is 1.71. The van der Waals surface area contributed by atoms with E-state index in [4.69, 9.17) is 0 Å². The predicted molar refractivity (Wildman–Crippen MR) is 115 cm³/mol. The molecule has 30 heavy (non-hydrogen) atoms. The van der Waals surface area contributed by atoms with Crippen LogP contribution in [0.3, 0.4) is 0 Å². The largest absolute Gasteiger partial charge is 0.328 e. The van der Waals surface area contributed by atoms with Crippen molar-refractivity contribution in [3.8, 4) is 11.4 Å². The monoisotopic (exact) mass is 435 g/mol. The molecule has 0 aliphatic rings. The lowest BCUT2D eigenvalue weighted by Crippen LogP contribution is -2.06. The van der Waals surface area contributed by atoms with Gasteiger partial charge in [-0.3, -0.25) is 9.78 Å². The maximum Gasteiger partial charge on any atom is 0.224 e. The number of ketones is 1. The standard InChI is InChI=1S/C22H17N3O3S2/c26-19(16-11-13-23-14-12-16)15-29-21-22(30(27,28)18-9-5-2-6-10-18)25-20(24-21)17-7-3-1-4-8-17/h1-14H,15H2,(H,24,25). The van der Waals surface area contributed by atoms with Crippen molar-refractivity contribution < 1.29 is 13.2 Å². The van der Waals surface area contributed by atoms with Gasteiger partial charge in [-0.1, -0.05) is 60.3 Å². The Morgan fingerprint density at radius 3 is 2.20 bits per heavy atom. The van der Waals surface area contributed by atoms with Crippen molar-refractivity contribution in [3.63, 3.8) is 0 Å². The molecular formula is C22H17N3O3S2. The number of aromatic nitrogens is 3. The molecule has 150 valence electrons. The first-order chi connectivity index (χ1) is 14.6. The molecule has 0 saturated heterocycles. The fourth-order valence-electron chi connectivity index (χ4n) is 2.83. The third-order valence-electron chi connectivity index (χ3n) is 4.35. The molecule has 0 amide bonds. The average molecular weight is 436 g/mol. The van der Waals surface area contributed by atoms with E-state index in [0.717, 1.165) is 17.3 Å². The molecular weight excluding hydrogens is 418 g/mol. The normalized spacial score (nSPS) is 11.3. The van der Waals surface area contributed by atoms with E-state index in [1.807, 2.05) is 30.3 Å². The van der Waals surface area contributed by atoms with Gasteiger partial charge in [-0.25, -0.2) is 13.4 Å². The molecule has 0 spiro atoms. The number of imidazole rings is 1. The highest BCUT2D eigenvalue weighted by Gasteiger charge is 2.26. The minimum absolute atomic E-state index is 0.0138. The zero-order chi connectivity index (χ0) is 21.0. The Morgan fingerprint density at radius 1 is 0.900 bits per heavy atom. The highest BCUT2D eigenvalue weighted by Crippen LogP contribution is 2.32. The summed E-state index contributed by atoms with van der Waals surface area (Å²) < 4.78 is 26.5. The summed E-state index contributed by atoms with van der Waals surface area (Å²) in [5.74, 6) is 0.360. The Kier molecular flexibility index (Phi) is 5.78. The van der Waals surface area contributed by atoms with E-state index in [1.54, 1.807) is 42.7 Å². The van der Waals surface area contributed by atoms with Crippen molar-refractivity contribution in [2.45, 2.75) is 14.9 Å². The van der Waals surface area contributed by atoms with Gasteiger partial charge in [0.1, 0.15) is 10.9 Å². The molecule has 0 aliphatic carbocycles. The number of nitrogens with zero attached hydrogens (tertiary/aromatic N) is 2. The molecule has 0 atom stereocenters. The van der Waals surface area contributed by atoms with Crippen LogP contribution in [-0.2, 0) is 9.84 Å². The van der Waals surface area contributed by atoms with Crippen LogP contribution < -0.4 is 0 Å². The number of thioether (sulfide) groups is 1. The molecule has 0 radical (unpaired) electrons. The van der Waals surface area contributed by atoms with Crippen molar-refractivity contribution in [2.75, 3.05) is 5.75 Å². The number of hydrogen-bond acceptors (Lipinski definition) is 6. The van der Waals surface area contributed by atoms with Gasteiger partial charge in [-0.2, -0.15) is 0 Å². The number of pyridine rings is 1. The van der Waals surface area contributed by atoms with Crippen LogP contribution in [0.1, 0.15) is 10.4 Å². The fourth-order valence-corrected chi connectivity index (χ4v) is 5.36. The summed E-state index contributed by atoms with van der Waals surface area (Å²) in [7, 11) is -3.83. The van der Waals surface area contributed by atoms with E-state index < -0.39 is 9.84 Å². The Labute approximate surface area is 178 Å². The van der Waals surface area contributed by atoms with Crippen LogP contribution in [0.25, 0.3) is 11.4 Å². The Hall–Kier alpha value is -3.23. The van der Waals surface area contributed by atoms with E-state index in [-0.39, 0.29) is 26.5 Å². The number of carbonyl (C=O) groups excluding carboxylic acids is 1. The van der Waals surface area contributed by atoms with Gasteiger partial charge in [0, 0.05) is 23.5 Å². The molecule has 2 aromatic heterocycles. The number of sulfone groups is 1. The van der Waals surface area contributed by atoms with Gasteiger partial charge in [-0.15, -0.1) is 0 Å². The second-order valence-electron chi connectivity index (χ2n) is 6.35. The molecule has 2 heterocycles. The van der Waals surface area contributed by atoms with Gasteiger partial charge in [0.15, 0.2) is 10.8 Å². The van der Waals surface area contributed by atoms with Crippen LogP contribution >= 0.6 is 11.8 Å². The summed E-state index contributed by atoms with van der Waals surface area (Å²) in [6.07, 6.45) is 3.09. The first-order valence-corrected chi connectivity index (χ1v) is 11.5. The zero-order valence-corrected chi connectivity index (χ0v) is 17.4. The Bertz CT molecular complexity index is 1260. The van der Waals surface area contributed by atoms with E-state index in [9.17, 15) is 13.2 Å². The van der Waals surface area contributed by atoms with Crippen LogP contribution in [0.15, 0.2) is 100 Å².